The Morgan fingerprint density at radius 1 is 0.931 bits per heavy atom. The molecular weight excluding hydrogens is 366 g/mol. The summed E-state index contributed by atoms with van der Waals surface area (Å²) in [6.45, 7) is 7.36. The van der Waals surface area contributed by atoms with Crippen LogP contribution in [0.5, 0.6) is 5.75 Å². The summed E-state index contributed by atoms with van der Waals surface area (Å²) in [5, 5.41) is 3.39. The average molecular weight is 391 g/mol. The Balaban J connectivity index is 1.50. The molecule has 4 rings (SSSR count). The van der Waals surface area contributed by atoms with Gasteiger partial charge in [-0.1, -0.05) is 6.07 Å². The average Bonchev–Trinajstić information content (AvgIpc) is 2.74. The number of nitrogens with zero attached hydrogens (tertiary/aromatic N) is 6. The van der Waals surface area contributed by atoms with Crippen molar-refractivity contribution in [2.24, 2.45) is 0 Å². The van der Waals surface area contributed by atoms with E-state index in [1.54, 1.807) is 19.5 Å². The Kier molecular flexibility index (Phi) is 5.41. The van der Waals surface area contributed by atoms with E-state index in [-0.39, 0.29) is 0 Å². The summed E-state index contributed by atoms with van der Waals surface area (Å²) in [6, 6.07) is 9.85. The third-order valence-corrected chi connectivity index (χ3v) is 4.88. The number of benzene rings is 1. The van der Waals surface area contributed by atoms with Crippen molar-refractivity contribution < 1.29 is 4.74 Å². The minimum Gasteiger partial charge on any atom is -0.495 e. The third-order valence-electron chi connectivity index (χ3n) is 4.88. The van der Waals surface area contributed by atoms with Gasteiger partial charge in [-0.3, -0.25) is 0 Å². The SMILES string of the molecule is COc1ccc(C)cc1Nc1cc(N2CCN(c3ncccn3)CC2)nc(C)n1. The second-order valence-electron chi connectivity index (χ2n) is 7.01. The lowest BCUT2D eigenvalue weighted by Gasteiger charge is -2.35. The van der Waals surface area contributed by atoms with Crippen molar-refractivity contribution in [3.8, 4) is 5.75 Å². The number of rotatable bonds is 5. The van der Waals surface area contributed by atoms with Gasteiger partial charge >= 0.3 is 0 Å². The highest BCUT2D eigenvalue weighted by Gasteiger charge is 2.20. The molecule has 0 atom stereocenters. The molecule has 1 aromatic carbocycles. The zero-order valence-corrected chi connectivity index (χ0v) is 17.0. The monoisotopic (exact) mass is 391 g/mol. The second kappa shape index (κ2) is 8.30. The minimum absolute atomic E-state index is 0.727. The van der Waals surface area contributed by atoms with Crippen LogP contribution >= 0.6 is 0 Å². The Morgan fingerprint density at radius 2 is 1.66 bits per heavy atom. The summed E-state index contributed by atoms with van der Waals surface area (Å²) < 4.78 is 5.47. The number of aromatic nitrogens is 4. The molecule has 0 amide bonds. The van der Waals surface area contributed by atoms with Gasteiger partial charge in [-0.15, -0.1) is 0 Å². The molecule has 1 N–H and O–H groups in total. The van der Waals surface area contributed by atoms with Crippen LogP contribution in [0.3, 0.4) is 0 Å². The van der Waals surface area contributed by atoms with Gasteiger partial charge in [-0.2, -0.15) is 0 Å². The number of aryl methyl sites for hydroxylation is 2. The summed E-state index contributed by atoms with van der Waals surface area (Å²) >= 11 is 0. The van der Waals surface area contributed by atoms with Gasteiger partial charge in [0, 0.05) is 44.6 Å². The maximum absolute atomic E-state index is 5.47. The number of anilines is 4. The molecule has 1 aliphatic heterocycles. The highest BCUT2D eigenvalue weighted by Crippen LogP contribution is 2.29. The molecule has 1 aliphatic rings. The van der Waals surface area contributed by atoms with Gasteiger partial charge in [-0.25, -0.2) is 19.9 Å². The van der Waals surface area contributed by atoms with Gasteiger partial charge in [0.15, 0.2) is 0 Å². The number of hydrogen-bond acceptors (Lipinski definition) is 8. The molecule has 3 aromatic rings. The zero-order valence-electron chi connectivity index (χ0n) is 17.0. The maximum atomic E-state index is 5.47. The number of nitrogens with one attached hydrogen (secondary N) is 1. The van der Waals surface area contributed by atoms with Crippen molar-refractivity contribution >= 4 is 23.3 Å². The molecule has 1 saturated heterocycles. The van der Waals surface area contributed by atoms with Crippen LogP contribution in [0.15, 0.2) is 42.7 Å². The summed E-state index contributed by atoms with van der Waals surface area (Å²) in [6.07, 6.45) is 3.56. The zero-order chi connectivity index (χ0) is 20.2. The molecule has 150 valence electrons. The molecule has 8 nitrogen and oxygen atoms in total. The number of methoxy groups -OCH3 is 1. The fraction of sp³-hybridized carbons (Fsp3) is 0.333. The smallest absolute Gasteiger partial charge is 0.225 e. The molecule has 0 saturated carbocycles. The van der Waals surface area contributed by atoms with Gasteiger partial charge in [-0.05, 0) is 37.6 Å². The van der Waals surface area contributed by atoms with Crippen molar-refractivity contribution in [1.82, 2.24) is 19.9 Å². The highest BCUT2D eigenvalue weighted by molar-refractivity contribution is 5.66. The molecule has 0 spiro atoms. The molecule has 0 radical (unpaired) electrons. The first-order chi connectivity index (χ1) is 14.1. The quantitative estimate of drug-likeness (QED) is 0.711. The first-order valence-corrected chi connectivity index (χ1v) is 9.66. The normalized spacial score (nSPS) is 14.0. The van der Waals surface area contributed by atoms with Crippen molar-refractivity contribution in [2.45, 2.75) is 13.8 Å². The molecule has 29 heavy (non-hydrogen) atoms. The van der Waals surface area contributed by atoms with E-state index in [9.17, 15) is 0 Å². The highest BCUT2D eigenvalue weighted by atomic mass is 16.5. The predicted octanol–water partition coefficient (Wildman–Crippen LogP) is 2.96. The van der Waals surface area contributed by atoms with Crippen molar-refractivity contribution in [3.05, 3.63) is 54.1 Å². The van der Waals surface area contributed by atoms with E-state index in [0.29, 0.717) is 0 Å². The Morgan fingerprint density at radius 3 is 2.38 bits per heavy atom. The standard InChI is InChI=1S/C21H25N7O/c1-15-5-6-18(29-3)17(13-15)26-19-14-20(25-16(2)24-19)27-9-11-28(12-10-27)21-22-7-4-8-23-21/h4-8,13-14H,9-12H2,1-3H3,(H,24,25,26). The van der Waals surface area contributed by atoms with E-state index in [1.165, 1.54) is 0 Å². The van der Waals surface area contributed by atoms with Crippen LogP contribution in [-0.4, -0.2) is 53.2 Å². The third kappa shape index (κ3) is 4.37. The molecule has 1 fully saturated rings. The molecule has 2 aromatic heterocycles. The van der Waals surface area contributed by atoms with Gasteiger partial charge in [0.25, 0.3) is 0 Å². The lowest BCUT2D eigenvalue weighted by Crippen LogP contribution is -2.47. The van der Waals surface area contributed by atoms with E-state index in [2.05, 4.69) is 48.0 Å². The van der Waals surface area contributed by atoms with Crippen LogP contribution in [0.25, 0.3) is 0 Å². The Bertz CT molecular complexity index is 972. The van der Waals surface area contributed by atoms with Crippen LogP contribution in [0.1, 0.15) is 11.4 Å². The van der Waals surface area contributed by atoms with Crippen molar-refractivity contribution in [2.75, 3.05) is 48.4 Å². The second-order valence-corrected chi connectivity index (χ2v) is 7.01. The topological polar surface area (TPSA) is 79.3 Å². The van der Waals surface area contributed by atoms with Crippen LogP contribution in [0, 0.1) is 13.8 Å². The summed E-state index contributed by atoms with van der Waals surface area (Å²) in [4.78, 5) is 22.4. The summed E-state index contributed by atoms with van der Waals surface area (Å²) in [5.41, 5.74) is 2.04. The molecule has 0 aliphatic carbocycles. The fourth-order valence-corrected chi connectivity index (χ4v) is 3.43. The van der Waals surface area contributed by atoms with Gasteiger partial charge in [0.05, 0.1) is 12.8 Å². The van der Waals surface area contributed by atoms with Crippen molar-refractivity contribution in [3.63, 3.8) is 0 Å². The van der Waals surface area contributed by atoms with E-state index >= 15 is 0 Å². The predicted molar refractivity (Wildman–Crippen MR) is 114 cm³/mol. The van der Waals surface area contributed by atoms with Crippen LogP contribution in [0.4, 0.5) is 23.3 Å². The van der Waals surface area contributed by atoms with Gasteiger partial charge < -0.3 is 19.9 Å². The lowest BCUT2D eigenvalue weighted by atomic mass is 10.2. The molecule has 0 bridgehead atoms. The molecular formula is C21H25N7O. The molecule has 8 heteroatoms. The van der Waals surface area contributed by atoms with Gasteiger partial charge in [0.1, 0.15) is 23.2 Å². The number of piperazine rings is 1. The maximum Gasteiger partial charge on any atom is 0.225 e. The van der Waals surface area contributed by atoms with Crippen LogP contribution < -0.4 is 19.9 Å². The first-order valence-electron chi connectivity index (χ1n) is 9.66. The van der Waals surface area contributed by atoms with E-state index in [0.717, 1.165) is 66.6 Å². The van der Waals surface area contributed by atoms with Crippen LogP contribution in [0.2, 0.25) is 0 Å². The fourth-order valence-electron chi connectivity index (χ4n) is 3.43. The largest absolute Gasteiger partial charge is 0.495 e. The van der Waals surface area contributed by atoms with Crippen LogP contribution in [-0.2, 0) is 0 Å². The Hall–Kier alpha value is -3.42. The first kappa shape index (κ1) is 18.9. The van der Waals surface area contributed by atoms with Gasteiger partial charge in [0.2, 0.25) is 5.95 Å². The molecule has 3 heterocycles. The minimum atomic E-state index is 0.727. The Labute approximate surface area is 170 Å². The van der Waals surface area contributed by atoms with E-state index in [4.69, 9.17) is 4.74 Å². The van der Waals surface area contributed by atoms with E-state index < -0.39 is 0 Å². The number of hydrogen-bond donors (Lipinski definition) is 1. The molecule has 0 unspecified atom stereocenters. The summed E-state index contributed by atoms with van der Waals surface area (Å²) in [7, 11) is 1.67. The van der Waals surface area contributed by atoms with Crippen molar-refractivity contribution in [1.29, 1.82) is 0 Å². The summed E-state index contributed by atoms with van der Waals surface area (Å²) in [5.74, 6) is 3.96. The van der Waals surface area contributed by atoms with E-state index in [1.807, 2.05) is 31.2 Å². The lowest BCUT2D eigenvalue weighted by molar-refractivity contribution is 0.416. The number of ether oxygens (including phenoxy) is 1.